The lowest BCUT2D eigenvalue weighted by Crippen LogP contribution is -2.52. The van der Waals surface area contributed by atoms with Gasteiger partial charge in [0.25, 0.3) is 10.0 Å². The van der Waals surface area contributed by atoms with Gasteiger partial charge in [0.15, 0.2) is 11.6 Å². The molecular formula is C27H30N4O4S. The normalized spacial score (nSPS) is 19.4. The van der Waals surface area contributed by atoms with Gasteiger partial charge in [-0.25, -0.2) is 0 Å². The first-order valence-corrected chi connectivity index (χ1v) is 13.8. The Hall–Kier alpha value is -3.51. The summed E-state index contributed by atoms with van der Waals surface area (Å²) in [7, 11) is -4.19. The molecule has 0 saturated carbocycles. The van der Waals surface area contributed by atoms with Crippen LogP contribution in [0, 0.1) is 17.2 Å². The first-order chi connectivity index (χ1) is 17.3. The Bertz CT molecular complexity index is 1370. The quantitative estimate of drug-likeness (QED) is 0.368. The minimum atomic E-state index is -4.19. The van der Waals surface area contributed by atoms with Crippen molar-refractivity contribution >= 4 is 38.8 Å². The number of Topliss-reactive ketones (excluding diaryl/α,β-unsaturated/α-hetero) is 2. The topological polar surface area (TPSA) is 128 Å². The van der Waals surface area contributed by atoms with Crippen LogP contribution in [0.15, 0.2) is 51.8 Å². The second-order valence-corrected chi connectivity index (χ2v) is 10.9. The number of nitrogens with zero attached hydrogens (tertiary/aromatic N) is 2. The van der Waals surface area contributed by atoms with Crippen LogP contribution in [-0.4, -0.2) is 32.4 Å². The van der Waals surface area contributed by atoms with Gasteiger partial charge in [-0.05, 0) is 36.6 Å². The van der Waals surface area contributed by atoms with E-state index >= 15 is 0 Å². The number of nitriles is 1. The molecule has 36 heavy (non-hydrogen) atoms. The second kappa shape index (κ2) is 10.2. The van der Waals surface area contributed by atoms with Crippen molar-refractivity contribution in [3.8, 4) is 6.07 Å². The molecule has 0 spiro atoms. The van der Waals surface area contributed by atoms with Crippen molar-refractivity contribution in [3.63, 3.8) is 0 Å². The summed E-state index contributed by atoms with van der Waals surface area (Å²) in [4.78, 5) is 27.9. The van der Waals surface area contributed by atoms with Crippen LogP contribution < -0.4 is 10.6 Å². The lowest BCUT2D eigenvalue weighted by Gasteiger charge is -2.41. The Kier molecular flexibility index (Phi) is 7.27. The zero-order valence-corrected chi connectivity index (χ0v) is 21.3. The number of unbranched alkanes of at least 4 members (excludes halogenated alkanes) is 2. The summed E-state index contributed by atoms with van der Waals surface area (Å²) in [5, 5.41) is 14.6. The molecule has 9 heteroatoms. The van der Waals surface area contributed by atoms with E-state index in [2.05, 4.69) is 28.9 Å². The summed E-state index contributed by atoms with van der Waals surface area (Å²) in [6.45, 7) is 4.14. The number of carbonyl (C=O) groups is 2. The molecule has 1 atom stereocenters. The molecule has 0 saturated heterocycles. The average Bonchev–Trinajstić information content (AvgIpc) is 2.87. The summed E-state index contributed by atoms with van der Waals surface area (Å²) in [6.07, 6.45) is 4.59. The Morgan fingerprint density at radius 3 is 2.44 bits per heavy atom. The highest BCUT2D eigenvalue weighted by Crippen LogP contribution is 2.45. The summed E-state index contributed by atoms with van der Waals surface area (Å²) in [5.41, 5.74) is 1.02. The highest BCUT2D eigenvalue weighted by molar-refractivity contribution is 7.90. The highest BCUT2D eigenvalue weighted by atomic mass is 32.2. The van der Waals surface area contributed by atoms with Gasteiger partial charge in [-0.1, -0.05) is 63.8 Å². The molecule has 0 bridgehead atoms. The number of anilines is 2. The van der Waals surface area contributed by atoms with Crippen molar-refractivity contribution in [2.24, 2.45) is 10.3 Å². The summed E-state index contributed by atoms with van der Waals surface area (Å²) >= 11 is 0. The van der Waals surface area contributed by atoms with Crippen molar-refractivity contribution in [2.75, 3.05) is 17.2 Å². The molecule has 1 aliphatic carbocycles. The summed E-state index contributed by atoms with van der Waals surface area (Å²) in [6, 6.07) is 13.7. The lowest BCUT2D eigenvalue weighted by molar-refractivity contribution is -0.126. The van der Waals surface area contributed by atoms with E-state index in [1.165, 1.54) is 6.07 Å². The number of fused-ring (bicyclic) bond motifs is 2. The van der Waals surface area contributed by atoms with Gasteiger partial charge >= 0.3 is 0 Å². The predicted molar refractivity (Wildman–Crippen MR) is 139 cm³/mol. The number of hydrogen-bond acceptors (Lipinski definition) is 7. The van der Waals surface area contributed by atoms with Gasteiger partial charge < -0.3 is 10.6 Å². The number of carbonyl (C=O) groups excluding carboxylic acids is 2. The average molecular weight is 507 g/mol. The van der Waals surface area contributed by atoms with Crippen molar-refractivity contribution in [3.05, 3.63) is 53.6 Å². The molecule has 2 N–H and O–H groups in total. The lowest BCUT2D eigenvalue weighted by atomic mass is 9.60. The number of benzene rings is 2. The Balaban J connectivity index is 1.82. The largest absolute Gasteiger partial charge is 0.372 e. The van der Waals surface area contributed by atoms with Crippen molar-refractivity contribution in [1.82, 2.24) is 0 Å². The molecule has 2 aliphatic rings. The molecule has 2 aromatic rings. The van der Waals surface area contributed by atoms with Gasteiger partial charge in [0, 0.05) is 11.3 Å². The number of ketones is 2. The molecule has 0 amide bonds. The third-order valence-corrected chi connectivity index (χ3v) is 8.33. The fraction of sp³-hybridized carbons (Fsp3) is 0.407. The van der Waals surface area contributed by atoms with Crippen molar-refractivity contribution in [1.29, 1.82) is 5.26 Å². The third-order valence-electron chi connectivity index (χ3n) is 7.00. The van der Waals surface area contributed by atoms with Gasteiger partial charge in [-0.15, -0.1) is 4.40 Å². The van der Waals surface area contributed by atoms with E-state index in [-0.39, 0.29) is 28.7 Å². The summed E-state index contributed by atoms with van der Waals surface area (Å²) < 4.78 is 30.3. The van der Waals surface area contributed by atoms with Crippen LogP contribution in [0.3, 0.4) is 0 Å². The SMILES string of the molecule is CCCCC1(CCCC)C(=O)C(C2=NS(=O)(=O)c3cc(NCC#N)ccc3N2)C(=O)c2ccccc21. The molecule has 1 aliphatic heterocycles. The molecule has 0 fully saturated rings. The number of rotatable bonds is 9. The minimum absolute atomic E-state index is 0.0167. The van der Waals surface area contributed by atoms with Crippen LogP contribution >= 0.6 is 0 Å². The fourth-order valence-corrected chi connectivity index (χ4v) is 6.38. The maximum atomic E-state index is 14.2. The van der Waals surface area contributed by atoms with Crippen LogP contribution in [0.1, 0.15) is 68.3 Å². The standard InChI is InChI=1S/C27H30N4O4S/c1-3-5-13-27(14-6-4-2)20-10-8-7-9-19(20)24(32)23(25(27)33)26-30-21-12-11-18(29-16-15-28)17-22(21)36(34,35)31-26/h7-12,17,23,29H,3-6,13-14,16H2,1-2H3,(H,30,31). The van der Waals surface area contributed by atoms with Gasteiger partial charge in [-0.2, -0.15) is 13.7 Å². The summed E-state index contributed by atoms with van der Waals surface area (Å²) in [5.74, 6) is -2.20. The molecule has 0 aromatic heterocycles. The maximum Gasteiger partial charge on any atom is 0.286 e. The molecule has 8 nitrogen and oxygen atoms in total. The van der Waals surface area contributed by atoms with Crippen LogP contribution in [0.5, 0.6) is 0 Å². The molecule has 0 radical (unpaired) electrons. The van der Waals surface area contributed by atoms with Crippen LogP contribution in [0.4, 0.5) is 11.4 Å². The number of sulfonamides is 1. The van der Waals surface area contributed by atoms with Gasteiger partial charge in [0.1, 0.15) is 23.2 Å². The van der Waals surface area contributed by atoms with Crippen molar-refractivity contribution in [2.45, 2.75) is 62.7 Å². The monoisotopic (exact) mass is 506 g/mol. The van der Waals surface area contributed by atoms with Crippen molar-refractivity contribution < 1.29 is 18.0 Å². The minimum Gasteiger partial charge on any atom is -0.372 e. The van der Waals surface area contributed by atoms with Crippen LogP contribution in [-0.2, 0) is 20.2 Å². The number of hydrogen-bond donors (Lipinski definition) is 2. The zero-order chi connectivity index (χ0) is 25.9. The Labute approximate surface area is 211 Å². The van der Waals surface area contributed by atoms with Gasteiger partial charge in [0.05, 0.1) is 17.2 Å². The molecule has 1 unspecified atom stereocenters. The van der Waals surface area contributed by atoms with E-state index in [1.54, 1.807) is 24.3 Å². The number of amidine groups is 1. The van der Waals surface area contributed by atoms with E-state index in [0.29, 0.717) is 24.1 Å². The highest BCUT2D eigenvalue weighted by Gasteiger charge is 2.53. The van der Waals surface area contributed by atoms with Gasteiger partial charge in [-0.3, -0.25) is 9.59 Å². The van der Waals surface area contributed by atoms with Crippen LogP contribution in [0.25, 0.3) is 0 Å². The fourth-order valence-electron chi connectivity index (χ4n) is 5.20. The first kappa shape index (κ1) is 25.6. The Morgan fingerprint density at radius 2 is 1.78 bits per heavy atom. The molecule has 1 heterocycles. The van der Waals surface area contributed by atoms with E-state index in [9.17, 15) is 18.0 Å². The smallest absolute Gasteiger partial charge is 0.286 e. The van der Waals surface area contributed by atoms with Gasteiger partial charge in [0.2, 0.25) is 0 Å². The third kappa shape index (κ3) is 4.42. The van der Waals surface area contributed by atoms with E-state index in [1.807, 2.05) is 18.2 Å². The Morgan fingerprint density at radius 1 is 1.08 bits per heavy atom. The zero-order valence-electron chi connectivity index (χ0n) is 20.5. The molecule has 2 aromatic carbocycles. The molecule has 4 rings (SSSR count). The predicted octanol–water partition coefficient (Wildman–Crippen LogP) is 4.83. The second-order valence-electron chi connectivity index (χ2n) is 9.30. The van der Waals surface area contributed by atoms with Crippen LogP contribution in [0.2, 0.25) is 0 Å². The maximum absolute atomic E-state index is 14.2. The molecular weight excluding hydrogens is 476 g/mol. The van der Waals surface area contributed by atoms with E-state index < -0.39 is 27.1 Å². The van der Waals surface area contributed by atoms with E-state index in [4.69, 9.17) is 5.26 Å². The first-order valence-electron chi connectivity index (χ1n) is 12.3. The number of nitrogens with one attached hydrogen (secondary N) is 2. The molecule has 188 valence electrons. The van der Waals surface area contributed by atoms with E-state index in [0.717, 1.165) is 31.2 Å².